The van der Waals surface area contributed by atoms with Crippen LogP contribution in [0.25, 0.3) is 0 Å². The van der Waals surface area contributed by atoms with Crippen LogP contribution >= 0.6 is 0 Å². The van der Waals surface area contributed by atoms with Crippen molar-refractivity contribution in [2.45, 2.75) is 38.9 Å². The number of fused-ring (bicyclic) bond motifs is 3. The Hall–Kier alpha value is -6.84. The van der Waals surface area contributed by atoms with Crippen molar-refractivity contribution in [1.82, 2.24) is 29.4 Å². The number of rotatable bonds is 15. The summed E-state index contributed by atoms with van der Waals surface area (Å²) in [5.41, 5.74) is 19.5. The Balaban J connectivity index is 1.26. The van der Waals surface area contributed by atoms with Gasteiger partial charge in [0.2, 0.25) is 55.8 Å². The zero-order valence-electron chi connectivity index (χ0n) is 36.9. The molecule has 0 unspecified atom stereocenters. The first-order valence-corrected chi connectivity index (χ1v) is 21.9. The van der Waals surface area contributed by atoms with Gasteiger partial charge in [0, 0.05) is 39.3 Å². The van der Waals surface area contributed by atoms with Crippen molar-refractivity contribution < 1.29 is 57.2 Å². The molecule has 354 valence electrons. The molecule has 7 rings (SSSR count). The second-order valence-corrected chi connectivity index (χ2v) is 16.2. The first-order valence-electron chi connectivity index (χ1n) is 21.9. The van der Waals surface area contributed by atoms with E-state index in [0.717, 1.165) is 0 Å². The average Bonchev–Trinajstić information content (AvgIpc) is 4.10. The van der Waals surface area contributed by atoms with Crippen LogP contribution in [-0.2, 0) is 48.4 Å². The van der Waals surface area contributed by atoms with Crippen LogP contribution in [0.3, 0.4) is 0 Å². The zero-order chi connectivity index (χ0) is 46.6. The van der Waals surface area contributed by atoms with Crippen molar-refractivity contribution in [3.8, 4) is 34.5 Å². The van der Waals surface area contributed by atoms with Gasteiger partial charge >= 0.3 is 0 Å². The normalized spacial score (nSPS) is 17.3. The van der Waals surface area contributed by atoms with E-state index >= 15 is 0 Å². The van der Waals surface area contributed by atoms with Gasteiger partial charge in [0.25, 0.3) is 0 Å². The molecule has 4 aliphatic rings. The lowest BCUT2D eigenvalue weighted by Crippen LogP contribution is -2.53. The summed E-state index contributed by atoms with van der Waals surface area (Å²) in [5.74, 6) is -0.442. The van der Waals surface area contributed by atoms with Gasteiger partial charge in [0.15, 0.2) is 34.5 Å². The molecular formula is C45H57N9O12. The maximum absolute atomic E-state index is 14.6. The third kappa shape index (κ3) is 12.1. The molecule has 0 atom stereocenters. The third-order valence-electron chi connectivity index (χ3n) is 11.4. The Morgan fingerprint density at radius 3 is 0.864 bits per heavy atom. The number of hydrogen-bond acceptors (Lipinski definition) is 15. The Morgan fingerprint density at radius 1 is 0.348 bits per heavy atom. The first-order chi connectivity index (χ1) is 32.0. The van der Waals surface area contributed by atoms with E-state index < -0.39 is 74.7 Å². The second kappa shape index (κ2) is 22.4. The molecule has 0 aliphatic carbocycles. The van der Waals surface area contributed by atoms with E-state index in [4.69, 9.17) is 45.6 Å². The molecule has 66 heavy (non-hydrogen) atoms. The summed E-state index contributed by atoms with van der Waals surface area (Å²) in [5, 5.41) is 0. The number of ether oxygens (including phenoxy) is 6. The molecule has 0 aromatic heterocycles. The van der Waals surface area contributed by atoms with Gasteiger partial charge in [0.05, 0.1) is 19.6 Å². The summed E-state index contributed by atoms with van der Waals surface area (Å²) in [6.07, 6.45) is 0.986. The number of carbonyl (C=O) groups is 6. The van der Waals surface area contributed by atoms with E-state index in [9.17, 15) is 28.8 Å². The average molecular weight is 916 g/mol. The summed E-state index contributed by atoms with van der Waals surface area (Å²) in [6.45, 7) is -2.17. The van der Waals surface area contributed by atoms with Crippen molar-refractivity contribution in [2.75, 3.05) is 98.9 Å². The maximum Gasteiger partial charge on any atom is 0.242 e. The Labute approximate surface area is 382 Å². The molecule has 0 bridgehead atoms. The SMILES string of the molecule is NCCCN1CC(=O)N(Cc2ccc3c(c2)OCO3)CC(=O)N(CCCN)CC(=O)N(Cc2ccc3c(c2)OCO3)CC(=O)N(CCCN)CC(=O)N(Cc2ccc3c(c2)OCO3)CC1=O. The molecule has 1 saturated heterocycles. The van der Waals surface area contributed by atoms with Crippen molar-refractivity contribution in [2.24, 2.45) is 17.2 Å². The highest BCUT2D eigenvalue weighted by molar-refractivity contribution is 5.94. The van der Waals surface area contributed by atoms with E-state index in [1.54, 1.807) is 54.6 Å². The lowest BCUT2D eigenvalue weighted by Gasteiger charge is -2.34. The number of benzene rings is 3. The van der Waals surface area contributed by atoms with Crippen LogP contribution in [0.2, 0.25) is 0 Å². The first kappa shape index (κ1) is 47.1. The fourth-order valence-corrected chi connectivity index (χ4v) is 7.78. The molecule has 3 aromatic rings. The van der Waals surface area contributed by atoms with Gasteiger partial charge in [-0.05, 0) is 92.0 Å². The van der Waals surface area contributed by atoms with E-state index in [1.807, 2.05) is 0 Å². The van der Waals surface area contributed by atoms with Crippen LogP contribution in [0, 0.1) is 0 Å². The van der Waals surface area contributed by atoms with Gasteiger partial charge in [-0.25, -0.2) is 0 Å². The molecule has 21 heteroatoms. The van der Waals surface area contributed by atoms with E-state index in [1.165, 1.54) is 29.4 Å². The summed E-state index contributed by atoms with van der Waals surface area (Å²) >= 11 is 0. The van der Waals surface area contributed by atoms with Gasteiger partial charge in [-0.3, -0.25) is 28.8 Å². The predicted molar refractivity (Wildman–Crippen MR) is 235 cm³/mol. The Bertz CT molecular complexity index is 2020. The zero-order valence-corrected chi connectivity index (χ0v) is 36.9. The molecule has 4 aliphatic heterocycles. The van der Waals surface area contributed by atoms with Crippen LogP contribution in [0.15, 0.2) is 54.6 Å². The van der Waals surface area contributed by atoms with Crippen molar-refractivity contribution in [3.05, 3.63) is 71.3 Å². The lowest BCUT2D eigenvalue weighted by molar-refractivity contribution is -0.150. The van der Waals surface area contributed by atoms with Crippen LogP contribution in [0.4, 0.5) is 0 Å². The summed E-state index contributed by atoms with van der Waals surface area (Å²) < 4.78 is 33.2. The number of amides is 6. The quantitative estimate of drug-likeness (QED) is 0.179. The molecule has 3 aromatic carbocycles. The van der Waals surface area contributed by atoms with Gasteiger partial charge in [-0.2, -0.15) is 0 Å². The molecular weight excluding hydrogens is 859 g/mol. The van der Waals surface area contributed by atoms with Crippen molar-refractivity contribution >= 4 is 35.4 Å². The standard InChI is InChI=1S/C45H57N9O12/c46-10-1-13-49-22-43(58)53(20-32-5-8-35-38(17-32)65-29-62-35)26-41(56)51(15-3-12-48)24-45(60)54(21-33-6-9-36-39(18-33)66-30-63-36)27-42(57)50(14-2-11-47)23-44(59)52(25-40(49)55)19-31-4-7-34-37(16-31)64-28-61-34/h4-9,16-18H,1-3,10-15,19-30,46-48H2. The molecule has 0 saturated carbocycles. The van der Waals surface area contributed by atoms with Crippen molar-refractivity contribution in [3.63, 3.8) is 0 Å². The van der Waals surface area contributed by atoms with Gasteiger partial charge in [0.1, 0.15) is 19.6 Å². The van der Waals surface area contributed by atoms with E-state index in [2.05, 4.69) is 0 Å². The van der Waals surface area contributed by atoms with Gasteiger partial charge in [-0.1, -0.05) is 18.2 Å². The largest absolute Gasteiger partial charge is 0.454 e. The smallest absolute Gasteiger partial charge is 0.242 e. The second-order valence-electron chi connectivity index (χ2n) is 16.2. The topological polar surface area (TPSA) is 255 Å². The van der Waals surface area contributed by atoms with Crippen LogP contribution in [-0.4, -0.2) is 164 Å². The molecule has 1 fully saturated rings. The highest BCUT2D eigenvalue weighted by Crippen LogP contribution is 2.35. The molecule has 0 spiro atoms. The highest BCUT2D eigenvalue weighted by atomic mass is 16.7. The lowest BCUT2D eigenvalue weighted by atomic mass is 10.1. The molecule has 21 nitrogen and oxygen atoms in total. The number of carbonyl (C=O) groups excluding carboxylic acids is 6. The summed E-state index contributed by atoms with van der Waals surface area (Å²) in [7, 11) is 0. The fraction of sp³-hybridized carbons (Fsp3) is 0.467. The van der Waals surface area contributed by atoms with Crippen molar-refractivity contribution in [1.29, 1.82) is 0 Å². The van der Waals surface area contributed by atoms with Crippen LogP contribution in [0.1, 0.15) is 36.0 Å². The predicted octanol–water partition coefficient (Wildman–Crippen LogP) is -0.195. The minimum absolute atomic E-state index is 0.0272. The molecule has 6 N–H and O–H groups in total. The number of nitrogens with two attached hydrogens (primary N) is 3. The molecule has 0 radical (unpaired) electrons. The van der Waals surface area contributed by atoms with E-state index in [-0.39, 0.29) is 79.3 Å². The van der Waals surface area contributed by atoms with Gasteiger partial charge in [-0.15, -0.1) is 0 Å². The van der Waals surface area contributed by atoms with E-state index in [0.29, 0.717) is 70.4 Å². The monoisotopic (exact) mass is 915 g/mol. The summed E-state index contributed by atoms with van der Waals surface area (Å²) in [6, 6.07) is 15.5. The molecule has 4 heterocycles. The number of hydrogen-bond donors (Lipinski definition) is 3. The highest BCUT2D eigenvalue weighted by Gasteiger charge is 2.32. The van der Waals surface area contributed by atoms with Gasteiger partial charge < -0.3 is 75.0 Å². The van der Waals surface area contributed by atoms with Crippen LogP contribution < -0.4 is 45.6 Å². The number of nitrogens with zero attached hydrogens (tertiary/aromatic N) is 6. The minimum atomic E-state index is -0.575. The Morgan fingerprint density at radius 2 is 0.591 bits per heavy atom. The molecule has 6 amide bonds. The fourth-order valence-electron chi connectivity index (χ4n) is 7.78. The Kier molecular flexibility index (Phi) is 16.0. The summed E-state index contributed by atoms with van der Waals surface area (Å²) in [4.78, 5) is 94.9. The maximum atomic E-state index is 14.6. The minimum Gasteiger partial charge on any atom is -0.454 e. The third-order valence-corrected chi connectivity index (χ3v) is 11.4. The van der Waals surface area contributed by atoms with Crippen LogP contribution in [0.5, 0.6) is 34.5 Å².